The molecule has 0 aromatic heterocycles. The monoisotopic (exact) mass is 349 g/mol. The topological polar surface area (TPSA) is 73.9 Å². The van der Waals surface area contributed by atoms with Crippen molar-refractivity contribution >= 4 is 12.2 Å². The lowest BCUT2D eigenvalue weighted by Gasteiger charge is -2.18. The number of benzene rings is 1. The summed E-state index contributed by atoms with van der Waals surface area (Å²) < 4.78 is 15.5. The van der Waals surface area contributed by atoms with Crippen LogP contribution in [0.1, 0.15) is 52.5 Å². The lowest BCUT2D eigenvalue weighted by molar-refractivity contribution is 0.0206. The van der Waals surface area contributed by atoms with Gasteiger partial charge in [-0.3, -0.25) is 0 Å². The van der Waals surface area contributed by atoms with Crippen molar-refractivity contribution in [3.05, 3.63) is 29.8 Å². The summed E-state index contributed by atoms with van der Waals surface area (Å²) in [5.74, 6) is 0.941. The van der Waals surface area contributed by atoms with Gasteiger partial charge < -0.3 is 19.5 Å². The van der Waals surface area contributed by atoms with Crippen LogP contribution in [-0.2, 0) is 9.47 Å². The highest BCUT2D eigenvalue weighted by molar-refractivity contribution is 5.68. The molecule has 0 radical (unpaired) electrons. The number of hydrogen-bond donors (Lipinski definition) is 1. The van der Waals surface area contributed by atoms with Crippen LogP contribution in [0.2, 0.25) is 0 Å². The molecule has 1 aromatic rings. The summed E-state index contributed by atoms with van der Waals surface area (Å²) in [5.41, 5.74) is 0.409. The molecule has 0 heterocycles. The molecule has 0 spiro atoms. The van der Waals surface area contributed by atoms with Crippen LogP contribution < -0.4 is 10.1 Å². The van der Waals surface area contributed by atoms with Crippen molar-refractivity contribution in [2.45, 2.75) is 58.6 Å². The number of carbonyl (C=O) groups excluding carboxylic acids is 2. The largest absolute Gasteiger partial charge is 0.514 e. The van der Waals surface area contributed by atoms with E-state index in [1.165, 1.54) is 0 Å². The first-order chi connectivity index (χ1) is 11.6. The highest BCUT2D eigenvalue weighted by atomic mass is 16.7. The second-order valence-electron chi connectivity index (χ2n) is 7.72. The zero-order valence-electron chi connectivity index (χ0n) is 15.5. The molecule has 0 unspecified atom stereocenters. The lowest BCUT2D eigenvalue weighted by atomic mass is 10.1. The molecule has 1 saturated carbocycles. The van der Waals surface area contributed by atoms with Crippen molar-refractivity contribution in [2.75, 3.05) is 6.61 Å². The van der Waals surface area contributed by atoms with E-state index in [0.29, 0.717) is 18.3 Å². The second kappa shape index (κ2) is 7.76. The van der Waals surface area contributed by atoms with Crippen LogP contribution in [0.15, 0.2) is 24.3 Å². The summed E-state index contributed by atoms with van der Waals surface area (Å²) in [5, 5.41) is 2.86. The first-order valence-electron chi connectivity index (χ1n) is 8.58. The van der Waals surface area contributed by atoms with Gasteiger partial charge in [0.2, 0.25) is 0 Å². The lowest BCUT2D eigenvalue weighted by Crippen LogP contribution is -2.28. The Labute approximate surface area is 148 Å². The molecule has 6 nitrogen and oxygen atoms in total. The summed E-state index contributed by atoms with van der Waals surface area (Å²) in [6, 6.07) is 7.33. The first-order valence-corrected chi connectivity index (χ1v) is 8.58. The highest BCUT2D eigenvalue weighted by Gasteiger charge is 2.40. The number of rotatable bonds is 5. The third-order valence-corrected chi connectivity index (χ3v) is 3.52. The minimum Gasteiger partial charge on any atom is -0.449 e. The molecule has 25 heavy (non-hydrogen) atoms. The Bertz CT molecular complexity index is 620. The van der Waals surface area contributed by atoms with Crippen LogP contribution >= 0.6 is 0 Å². The van der Waals surface area contributed by atoms with Gasteiger partial charge in [-0.25, -0.2) is 9.59 Å². The van der Waals surface area contributed by atoms with E-state index in [9.17, 15) is 9.59 Å². The van der Waals surface area contributed by atoms with Crippen molar-refractivity contribution in [2.24, 2.45) is 5.92 Å². The van der Waals surface area contributed by atoms with E-state index in [1.54, 1.807) is 32.9 Å². The maximum absolute atomic E-state index is 11.7. The van der Waals surface area contributed by atoms with Gasteiger partial charge in [-0.1, -0.05) is 26.0 Å². The van der Waals surface area contributed by atoms with Crippen molar-refractivity contribution < 1.29 is 23.8 Å². The first kappa shape index (κ1) is 19.1. The number of carbonyl (C=O) groups is 2. The third-order valence-electron chi connectivity index (χ3n) is 3.52. The molecule has 0 aliphatic heterocycles. The van der Waals surface area contributed by atoms with Gasteiger partial charge in [0.15, 0.2) is 0 Å². The molecule has 2 rings (SSSR count). The molecule has 138 valence electrons. The second-order valence-corrected chi connectivity index (χ2v) is 7.72. The number of alkyl carbamates (subject to hydrolysis) is 1. The summed E-state index contributed by atoms with van der Waals surface area (Å²) in [4.78, 5) is 23.4. The van der Waals surface area contributed by atoms with E-state index in [1.807, 2.05) is 26.0 Å². The standard InChI is InChI=1S/C19H27NO5/c1-12(2)11-23-17(21)20-16-10-15(16)13-7-6-8-14(9-13)24-18(22)25-19(3,4)5/h6-9,12,15-16H,10-11H2,1-5H3,(H,20,21)/t15-,16+/m0/s1. The molecule has 1 aliphatic rings. The zero-order chi connectivity index (χ0) is 18.6. The van der Waals surface area contributed by atoms with Gasteiger partial charge in [0, 0.05) is 12.0 Å². The van der Waals surface area contributed by atoms with Gasteiger partial charge in [-0.15, -0.1) is 0 Å². The third kappa shape index (κ3) is 6.64. The van der Waals surface area contributed by atoms with Crippen molar-refractivity contribution in [1.29, 1.82) is 0 Å². The van der Waals surface area contributed by atoms with Gasteiger partial charge in [0.25, 0.3) is 0 Å². The molecule has 1 fully saturated rings. The molecule has 1 amide bonds. The Hall–Kier alpha value is -2.24. The fraction of sp³-hybridized carbons (Fsp3) is 0.579. The predicted molar refractivity (Wildman–Crippen MR) is 93.8 cm³/mol. The van der Waals surface area contributed by atoms with E-state index in [2.05, 4.69) is 5.32 Å². The smallest absolute Gasteiger partial charge is 0.449 e. The molecule has 0 saturated heterocycles. The molecule has 0 bridgehead atoms. The summed E-state index contributed by atoms with van der Waals surface area (Å²) in [6.07, 6.45) is -0.276. The number of nitrogens with one attached hydrogen (secondary N) is 1. The fourth-order valence-electron chi connectivity index (χ4n) is 2.33. The molecule has 1 N–H and O–H groups in total. The number of amides is 1. The summed E-state index contributed by atoms with van der Waals surface area (Å²) >= 11 is 0. The number of ether oxygens (including phenoxy) is 3. The SMILES string of the molecule is CC(C)COC(=O)N[C@@H]1C[C@H]1c1cccc(OC(=O)OC(C)(C)C)c1. The van der Waals surface area contributed by atoms with Crippen molar-refractivity contribution in [1.82, 2.24) is 5.32 Å². The fourth-order valence-corrected chi connectivity index (χ4v) is 2.33. The van der Waals surface area contributed by atoms with E-state index in [0.717, 1.165) is 12.0 Å². The zero-order valence-corrected chi connectivity index (χ0v) is 15.5. The maximum atomic E-state index is 11.7. The van der Waals surface area contributed by atoms with Crippen molar-refractivity contribution in [3.63, 3.8) is 0 Å². The molecular formula is C19H27NO5. The van der Waals surface area contributed by atoms with E-state index < -0.39 is 11.8 Å². The molecular weight excluding hydrogens is 322 g/mol. The van der Waals surface area contributed by atoms with E-state index in [4.69, 9.17) is 14.2 Å². The van der Waals surface area contributed by atoms with E-state index >= 15 is 0 Å². The normalized spacial score (nSPS) is 19.3. The van der Waals surface area contributed by atoms with Crippen LogP contribution in [0, 0.1) is 5.92 Å². The highest BCUT2D eigenvalue weighted by Crippen LogP contribution is 2.41. The van der Waals surface area contributed by atoms with Crippen LogP contribution in [0.4, 0.5) is 9.59 Å². The summed E-state index contributed by atoms with van der Waals surface area (Å²) in [7, 11) is 0. The van der Waals surface area contributed by atoms with Crippen LogP contribution in [0.5, 0.6) is 5.75 Å². The maximum Gasteiger partial charge on any atom is 0.514 e. The quantitative estimate of drug-likeness (QED) is 0.636. The van der Waals surface area contributed by atoms with Gasteiger partial charge in [0.05, 0.1) is 6.61 Å². The van der Waals surface area contributed by atoms with Crippen LogP contribution in [0.25, 0.3) is 0 Å². The Kier molecular flexibility index (Phi) is 5.93. The summed E-state index contributed by atoms with van der Waals surface area (Å²) in [6.45, 7) is 9.73. The molecule has 2 atom stereocenters. The van der Waals surface area contributed by atoms with E-state index in [-0.39, 0.29) is 18.1 Å². The Morgan fingerprint density at radius 2 is 2.00 bits per heavy atom. The number of hydrogen-bond acceptors (Lipinski definition) is 5. The van der Waals surface area contributed by atoms with Gasteiger partial charge in [-0.2, -0.15) is 0 Å². The Balaban J connectivity index is 1.86. The Morgan fingerprint density at radius 1 is 1.28 bits per heavy atom. The van der Waals surface area contributed by atoms with Crippen molar-refractivity contribution in [3.8, 4) is 5.75 Å². The average Bonchev–Trinajstić information content (AvgIpc) is 3.22. The van der Waals surface area contributed by atoms with Gasteiger partial charge in [0.1, 0.15) is 11.4 Å². The molecule has 1 aliphatic carbocycles. The minimum absolute atomic E-state index is 0.0523. The van der Waals surface area contributed by atoms with Gasteiger partial charge in [-0.05, 0) is 50.8 Å². The minimum atomic E-state index is -0.729. The molecule has 6 heteroatoms. The average molecular weight is 349 g/mol. The predicted octanol–water partition coefficient (Wildman–Crippen LogP) is 4.24. The van der Waals surface area contributed by atoms with Gasteiger partial charge >= 0.3 is 12.2 Å². The molecule has 1 aromatic carbocycles. The Morgan fingerprint density at radius 3 is 2.64 bits per heavy atom. The van der Waals surface area contributed by atoms with Crippen LogP contribution in [0.3, 0.4) is 0 Å². The van der Waals surface area contributed by atoms with Crippen LogP contribution in [-0.4, -0.2) is 30.5 Å².